The van der Waals surface area contributed by atoms with Crippen LogP contribution >= 0.6 is 12.4 Å². The lowest BCUT2D eigenvalue weighted by atomic mass is 9.92. The second kappa shape index (κ2) is 9.91. The molecule has 9 heteroatoms. The van der Waals surface area contributed by atoms with Gasteiger partial charge in [0.1, 0.15) is 10.6 Å². The highest BCUT2D eigenvalue weighted by Crippen LogP contribution is 2.31. The lowest BCUT2D eigenvalue weighted by molar-refractivity contribution is -0.120. The van der Waals surface area contributed by atoms with E-state index in [0.717, 1.165) is 38.6 Å². The first-order valence-electron chi connectivity index (χ1n) is 9.64. The number of anilines is 1. The van der Waals surface area contributed by atoms with E-state index in [0.29, 0.717) is 30.6 Å². The first kappa shape index (κ1) is 22.9. The zero-order chi connectivity index (χ0) is 19.4. The minimum absolute atomic E-state index is 0. The van der Waals surface area contributed by atoms with E-state index < -0.39 is 10.0 Å². The maximum Gasteiger partial charge on any atom is 0.246 e. The number of piperidine rings is 2. The summed E-state index contributed by atoms with van der Waals surface area (Å²) >= 11 is 0. The van der Waals surface area contributed by atoms with Gasteiger partial charge < -0.3 is 15.4 Å². The van der Waals surface area contributed by atoms with Crippen molar-refractivity contribution in [2.75, 3.05) is 32.1 Å². The predicted octanol–water partition coefficient (Wildman–Crippen LogP) is 2.62. The fourth-order valence-corrected chi connectivity index (χ4v) is 5.51. The molecular formula is C19H30ClN3O4S. The zero-order valence-electron chi connectivity index (χ0n) is 16.4. The zero-order valence-corrected chi connectivity index (χ0v) is 18.1. The molecule has 1 aromatic rings. The van der Waals surface area contributed by atoms with Gasteiger partial charge in [0, 0.05) is 30.7 Å². The molecule has 0 aromatic heterocycles. The smallest absolute Gasteiger partial charge is 0.246 e. The third-order valence-electron chi connectivity index (χ3n) is 5.36. The highest BCUT2D eigenvalue weighted by Gasteiger charge is 2.30. The number of sulfonamides is 1. The van der Waals surface area contributed by atoms with Gasteiger partial charge >= 0.3 is 0 Å². The topological polar surface area (TPSA) is 87.7 Å². The number of methoxy groups -OCH3 is 1. The van der Waals surface area contributed by atoms with E-state index in [1.807, 2.05) is 0 Å². The number of benzene rings is 1. The van der Waals surface area contributed by atoms with Gasteiger partial charge in [0.05, 0.1) is 7.11 Å². The van der Waals surface area contributed by atoms with Gasteiger partial charge in [-0.25, -0.2) is 8.42 Å². The van der Waals surface area contributed by atoms with Crippen LogP contribution in [-0.2, 0) is 14.8 Å². The van der Waals surface area contributed by atoms with E-state index in [1.165, 1.54) is 17.5 Å². The van der Waals surface area contributed by atoms with E-state index in [4.69, 9.17) is 4.74 Å². The molecule has 2 heterocycles. The van der Waals surface area contributed by atoms with Crippen molar-refractivity contribution >= 4 is 34.0 Å². The molecule has 2 atom stereocenters. The number of carbonyl (C=O) groups excluding carboxylic acids is 1. The van der Waals surface area contributed by atoms with Gasteiger partial charge in [0.25, 0.3) is 0 Å². The Balaban J connectivity index is 0.00000280. The molecule has 2 aliphatic rings. The molecule has 0 aliphatic carbocycles. The van der Waals surface area contributed by atoms with E-state index in [2.05, 4.69) is 17.6 Å². The lowest BCUT2D eigenvalue weighted by Crippen LogP contribution is -2.40. The van der Waals surface area contributed by atoms with Crippen LogP contribution < -0.4 is 15.4 Å². The second-order valence-electron chi connectivity index (χ2n) is 7.40. The fraction of sp³-hybridized carbons (Fsp3) is 0.632. The minimum atomic E-state index is -3.65. The summed E-state index contributed by atoms with van der Waals surface area (Å²) in [4.78, 5) is 12.7. The standard InChI is InChI=1S/C19H29N3O4S.ClH/c1-14-12-15(8-9-20-14)19(23)21-16-6-7-17(26-2)18(13-16)27(24,25)22-10-4-3-5-11-22;/h6-7,13-15,20H,3-5,8-12H2,1-2H3,(H,21,23);1H/t14-,15-;/m0./s1. The molecule has 2 N–H and O–H groups in total. The molecule has 1 aromatic carbocycles. The molecule has 0 unspecified atom stereocenters. The number of nitrogens with one attached hydrogen (secondary N) is 2. The summed E-state index contributed by atoms with van der Waals surface area (Å²) < 4.78 is 32.9. The number of hydrogen-bond acceptors (Lipinski definition) is 5. The Morgan fingerprint density at radius 1 is 1.25 bits per heavy atom. The number of halogens is 1. The Bertz CT molecular complexity index is 781. The van der Waals surface area contributed by atoms with Crippen LogP contribution in [0, 0.1) is 5.92 Å². The summed E-state index contributed by atoms with van der Waals surface area (Å²) in [6, 6.07) is 5.12. The van der Waals surface area contributed by atoms with Crippen LogP contribution in [0.1, 0.15) is 39.0 Å². The third-order valence-corrected chi connectivity index (χ3v) is 7.28. The maximum absolute atomic E-state index is 13.1. The van der Waals surface area contributed by atoms with Gasteiger partial charge in [-0.1, -0.05) is 6.42 Å². The summed E-state index contributed by atoms with van der Waals surface area (Å²) in [6.07, 6.45) is 4.35. The Hall–Kier alpha value is -1.35. The van der Waals surface area contributed by atoms with Gasteiger partial charge in [-0.15, -0.1) is 12.4 Å². The molecule has 0 radical (unpaired) electrons. The van der Waals surface area contributed by atoms with Gasteiger partial charge in [-0.05, 0) is 57.4 Å². The second-order valence-corrected chi connectivity index (χ2v) is 9.30. The minimum Gasteiger partial charge on any atom is -0.495 e. The molecule has 28 heavy (non-hydrogen) atoms. The normalized spacial score (nSPS) is 23.5. The summed E-state index contributed by atoms with van der Waals surface area (Å²) in [5.41, 5.74) is 0.488. The monoisotopic (exact) mass is 431 g/mol. The van der Waals surface area contributed by atoms with Gasteiger partial charge in [0.15, 0.2) is 0 Å². The van der Waals surface area contributed by atoms with Gasteiger partial charge in [-0.3, -0.25) is 4.79 Å². The van der Waals surface area contributed by atoms with Crippen molar-refractivity contribution in [2.45, 2.75) is 50.0 Å². The molecule has 0 spiro atoms. The van der Waals surface area contributed by atoms with Crippen molar-refractivity contribution in [3.8, 4) is 5.75 Å². The summed E-state index contributed by atoms with van der Waals surface area (Å²) in [6.45, 7) is 3.93. The summed E-state index contributed by atoms with van der Waals surface area (Å²) in [5, 5.41) is 6.22. The molecule has 3 rings (SSSR count). The number of nitrogens with zero attached hydrogens (tertiary/aromatic N) is 1. The van der Waals surface area contributed by atoms with Crippen LogP contribution in [0.4, 0.5) is 5.69 Å². The molecule has 2 fully saturated rings. The van der Waals surface area contributed by atoms with Crippen LogP contribution in [0.25, 0.3) is 0 Å². The molecule has 2 aliphatic heterocycles. The van der Waals surface area contributed by atoms with Crippen molar-refractivity contribution in [1.29, 1.82) is 0 Å². The van der Waals surface area contributed by atoms with Crippen molar-refractivity contribution in [3.05, 3.63) is 18.2 Å². The quantitative estimate of drug-likeness (QED) is 0.748. The molecule has 0 bridgehead atoms. The van der Waals surface area contributed by atoms with Crippen LogP contribution in [0.15, 0.2) is 23.1 Å². The predicted molar refractivity (Wildman–Crippen MR) is 112 cm³/mol. The lowest BCUT2D eigenvalue weighted by Gasteiger charge is -2.28. The highest BCUT2D eigenvalue weighted by atomic mass is 35.5. The van der Waals surface area contributed by atoms with Crippen LogP contribution in [0.5, 0.6) is 5.75 Å². The van der Waals surface area contributed by atoms with Crippen LogP contribution in [0.3, 0.4) is 0 Å². The highest BCUT2D eigenvalue weighted by molar-refractivity contribution is 7.89. The van der Waals surface area contributed by atoms with Gasteiger partial charge in [-0.2, -0.15) is 4.31 Å². The number of amides is 1. The van der Waals surface area contributed by atoms with Crippen LogP contribution in [-0.4, -0.2) is 51.4 Å². The van der Waals surface area contributed by atoms with E-state index >= 15 is 0 Å². The first-order valence-corrected chi connectivity index (χ1v) is 11.1. The SMILES string of the molecule is COc1ccc(NC(=O)[C@H]2CCN[C@@H](C)C2)cc1S(=O)(=O)N1CCCCC1.Cl. The average Bonchev–Trinajstić information content (AvgIpc) is 2.68. The maximum atomic E-state index is 13.1. The number of carbonyl (C=O) groups is 1. The Labute approximate surface area is 173 Å². The van der Waals surface area contributed by atoms with Crippen molar-refractivity contribution in [3.63, 3.8) is 0 Å². The first-order chi connectivity index (χ1) is 12.9. The van der Waals surface area contributed by atoms with Crippen molar-refractivity contribution < 1.29 is 17.9 Å². The molecule has 0 saturated carbocycles. The average molecular weight is 432 g/mol. The molecule has 158 valence electrons. The van der Waals surface area contributed by atoms with Crippen LogP contribution in [0.2, 0.25) is 0 Å². The van der Waals surface area contributed by atoms with E-state index in [1.54, 1.807) is 12.1 Å². The Morgan fingerprint density at radius 3 is 2.61 bits per heavy atom. The third kappa shape index (κ3) is 5.17. The fourth-order valence-electron chi connectivity index (χ4n) is 3.81. The molecular weight excluding hydrogens is 402 g/mol. The Morgan fingerprint density at radius 2 is 1.96 bits per heavy atom. The summed E-state index contributed by atoms with van der Waals surface area (Å²) in [5.74, 6) is 0.175. The molecule has 2 saturated heterocycles. The Kier molecular flexibility index (Phi) is 8.12. The number of ether oxygens (including phenoxy) is 1. The van der Waals surface area contributed by atoms with E-state index in [9.17, 15) is 13.2 Å². The van der Waals surface area contributed by atoms with Crippen molar-refractivity contribution in [1.82, 2.24) is 9.62 Å². The van der Waals surface area contributed by atoms with Gasteiger partial charge in [0.2, 0.25) is 15.9 Å². The number of rotatable bonds is 5. The van der Waals surface area contributed by atoms with E-state index in [-0.39, 0.29) is 29.1 Å². The molecule has 1 amide bonds. The summed E-state index contributed by atoms with van der Waals surface area (Å²) in [7, 11) is -2.19. The largest absolute Gasteiger partial charge is 0.495 e. The number of hydrogen-bond donors (Lipinski definition) is 2. The van der Waals surface area contributed by atoms with Crippen molar-refractivity contribution in [2.24, 2.45) is 5.92 Å². The molecule has 7 nitrogen and oxygen atoms in total.